The van der Waals surface area contributed by atoms with Crippen LogP contribution in [0, 0.1) is 0 Å². The number of fused-ring (bicyclic) bond motifs is 1. The number of aryl methyl sites for hydroxylation is 2. The van der Waals surface area contributed by atoms with Crippen molar-refractivity contribution in [3.8, 4) is 0 Å². The van der Waals surface area contributed by atoms with Crippen LogP contribution in [0.4, 0.5) is 0 Å². The Hall–Kier alpha value is -1.67. The Morgan fingerprint density at radius 1 is 1.00 bits per heavy atom. The lowest BCUT2D eigenvalue weighted by Crippen LogP contribution is -2.13. The largest absolute Gasteiger partial charge is 0.320 e. The van der Waals surface area contributed by atoms with Gasteiger partial charge in [-0.05, 0) is 54.0 Å². The quantitative estimate of drug-likeness (QED) is 0.873. The van der Waals surface area contributed by atoms with Gasteiger partial charge in [-0.2, -0.15) is 0 Å². The zero-order valence-corrected chi connectivity index (χ0v) is 10.5. The Labute approximate surface area is 108 Å². The van der Waals surface area contributed by atoms with Crippen molar-refractivity contribution < 1.29 is 0 Å². The Balaban J connectivity index is 1.93. The number of nitrogens with two attached hydrogens (primary N) is 1. The Morgan fingerprint density at radius 2 is 1.83 bits per heavy atom. The molecular weight excluding hydrogens is 220 g/mol. The van der Waals surface area contributed by atoms with Gasteiger partial charge in [0.15, 0.2) is 0 Å². The highest BCUT2D eigenvalue weighted by molar-refractivity contribution is 5.38. The first-order valence-electron chi connectivity index (χ1n) is 6.62. The van der Waals surface area contributed by atoms with Gasteiger partial charge in [-0.15, -0.1) is 0 Å². The second-order valence-corrected chi connectivity index (χ2v) is 5.00. The number of hydrogen-bond donors (Lipinski definition) is 1. The summed E-state index contributed by atoms with van der Waals surface area (Å²) in [4.78, 5) is 4.14. The molecule has 0 radical (unpaired) electrons. The van der Waals surface area contributed by atoms with E-state index in [9.17, 15) is 0 Å². The molecule has 2 aromatic rings. The number of rotatable bonds is 2. The summed E-state index contributed by atoms with van der Waals surface area (Å²) in [6.45, 7) is 0. The number of pyridine rings is 1. The minimum atomic E-state index is -0.0640. The van der Waals surface area contributed by atoms with Crippen LogP contribution >= 0.6 is 0 Å². The summed E-state index contributed by atoms with van der Waals surface area (Å²) in [7, 11) is 0. The third-order valence-electron chi connectivity index (χ3n) is 3.78. The van der Waals surface area contributed by atoms with Gasteiger partial charge in [0, 0.05) is 12.4 Å². The van der Waals surface area contributed by atoms with E-state index >= 15 is 0 Å². The fourth-order valence-corrected chi connectivity index (χ4v) is 2.70. The third-order valence-corrected chi connectivity index (χ3v) is 3.78. The molecule has 1 aliphatic rings. The molecule has 0 bridgehead atoms. The molecule has 0 spiro atoms. The number of hydrogen-bond acceptors (Lipinski definition) is 2. The summed E-state index contributed by atoms with van der Waals surface area (Å²) in [6, 6.07) is 10.6. The van der Waals surface area contributed by atoms with E-state index in [-0.39, 0.29) is 6.04 Å². The standard InChI is InChI=1S/C16H18N2/c17-16(15-6-3-9-18-11-15)14-8-7-12-4-1-2-5-13(12)10-14/h3,6-11,16H,1-2,4-5,17H2. The Morgan fingerprint density at radius 3 is 2.61 bits per heavy atom. The van der Waals surface area contributed by atoms with Gasteiger partial charge in [0.1, 0.15) is 0 Å². The van der Waals surface area contributed by atoms with E-state index in [1.807, 2.05) is 18.3 Å². The normalized spacial score (nSPS) is 16.1. The summed E-state index contributed by atoms with van der Waals surface area (Å²) in [5, 5.41) is 0. The van der Waals surface area contributed by atoms with Gasteiger partial charge in [-0.25, -0.2) is 0 Å². The summed E-state index contributed by atoms with van der Waals surface area (Å²) in [6.07, 6.45) is 8.67. The van der Waals surface area contributed by atoms with Crippen molar-refractivity contribution >= 4 is 0 Å². The smallest absolute Gasteiger partial charge is 0.0567 e. The molecule has 18 heavy (non-hydrogen) atoms. The van der Waals surface area contributed by atoms with Gasteiger partial charge in [0.25, 0.3) is 0 Å². The highest BCUT2D eigenvalue weighted by Gasteiger charge is 2.13. The average Bonchev–Trinajstić information content (AvgIpc) is 2.47. The minimum absolute atomic E-state index is 0.0640. The second-order valence-electron chi connectivity index (χ2n) is 5.00. The molecule has 2 heteroatoms. The van der Waals surface area contributed by atoms with Crippen molar-refractivity contribution in [2.45, 2.75) is 31.7 Å². The molecule has 2 N–H and O–H groups in total. The van der Waals surface area contributed by atoms with Crippen LogP contribution in [0.1, 0.15) is 41.1 Å². The van der Waals surface area contributed by atoms with Crippen LogP contribution in [-0.4, -0.2) is 4.98 Å². The predicted octanol–water partition coefficient (Wildman–Crippen LogP) is 3.01. The zero-order chi connectivity index (χ0) is 12.4. The van der Waals surface area contributed by atoms with Crippen LogP contribution < -0.4 is 5.73 Å². The van der Waals surface area contributed by atoms with E-state index in [0.717, 1.165) is 5.56 Å². The van der Waals surface area contributed by atoms with Gasteiger partial charge in [0.2, 0.25) is 0 Å². The van der Waals surface area contributed by atoms with Crippen molar-refractivity contribution in [1.82, 2.24) is 4.98 Å². The molecule has 0 fully saturated rings. The van der Waals surface area contributed by atoms with Crippen LogP contribution in [0.2, 0.25) is 0 Å². The lowest BCUT2D eigenvalue weighted by Gasteiger charge is -2.19. The molecule has 1 aromatic heterocycles. The Kier molecular flexibility index (Phi) is 3.11. The molecule has 1 aliphatic carbocycles. The van der Waals surface area contributed by atoms with Crippen LogP contribution in [-0.2, 0) is 12.8 Å². The molecule has 0 amide bonds. The highest BCUT2D eigenvalue weighted by Crippen LogP contribution is 2.26. The first-order chi connectivity index (χ1) is 8.84. The number of nitrogens with zero attached hydrogens (tertiary/aromatic N) is 1. The van der Waals surface area contributed by atoms with Crippen molar-refractivity contribution in [1.29, 1.82) is 0 Å². The lowest BCUT2D eigenvalue weighted by atomic mass is 9.88. The monoisotopic (exact) mass is 238 g/mol. The summed E-state index contributed by atoms with van der Waals surface area (Å²) in [5.41, 5.74) is 11.6. The van der Waals surface area contributed by atoms with Gasteiger partial charge in [-0.1, -0.05) is 24.3 Å². The summed E-state index contributed by atoms with van der Waals surface area (Å²) in [5.74, 6) is 0. The van der Waals surface area contributed by atoms with E-state index < -0.39 is 0 Å². The second kappa shape index (κ2) is 4.91. The first kappa shape index (κ1) is 11.4. The Bertz CT molecular complexity index is 534. The molecule has 2 nitrogen and oxygen atoms in total. The minimum Gasteiger partial charge on any atom is -0.320 e. The molecule has 92 valence electrons. The summed E-state index contributed by atoms with van der Waals surface area (Å²) >= 11 is 0. The summed E-state index contributed by atoms with van der Waals surface area (Å²) < 4.78 is 0. The molecule has 3 rings (SSSR count). The molecule has 0 saturated heterocycles. The fourth-order valence-electron chi connectivity index (χ4n) is 2.70. The topological polar surface area (TPSA) is 38.9 Å². The molecular formula is C16H18N2. The molecule has 0 aliphatic heterocycles. The van der Waals surface area contributed by atoms with E-state index in [0.29, 0.717) is 0 Å². The average molecular weight is 238 g/mol. The van der Waals surface area contributed by atoms with Crippen molar-refractivity contribution in [3.63, 3.8) is 0 Å². The van der Waals surface area contributed by atoms with Gasteiger partial charge in [-0.3, -0.25) is 4.98 Å². The zero-order valence-electron chi connectivity index (χ0n) is 10.5. The molecule has 1 atom stereocenters. The number of benzene rings is 1. The van der Waals surface area contributed by atoms with Crippen LogP contribution in [0.5, 0.6) is 0 Å². The predicted molar refractivity (Wildman–Crippen MR) is 73.4 cm³/mol. The van der Waals surface area contributed by atoms with Crippen LogP contribution in [0.25, 0.3) is 0 Å². The van der Waals surface area contributed by atoms with E-state index in [4.69, 9.17) is 5.73 Å². The maximum atomic E-state index is 6.31. The molecule has 1 aromatic carbocycles. The van der Waals surface area contributed by atoms with Crippen molar-refractivity contribution in [2.24, 2.45) is 5.73 Å². The molecule has 0 saturated carbocycles. The van der Waals surface area contributed by atoms with Gasteiger partial charge < -0.3 is 5.73 Å². The SMILES string of the molecule is NC(c1cccnc1)c1ccc2c(c1)CCCC2. The van der Waals surface area contributed by atoms with Crippen molar-refractivity contribution in [3.05, 3.63) is 65.0 Å². The van der Waals surface area contributed by atoms with E-state index in [1.165, 1.54) is 42.4 Å². The van der Waals surface area contributed by atoms with Gasteiger partial charge >= 0.3 is 0 Å². The maximum Gasteiger partial charge on any atom is 0.0567 e. The maximum absolute atomic E-state index is 6.31. The highest BCUT2D eigenvalue weighted by atomic mass is 14.7. The van der Waals surface area contributed by atoms with Crippen LogP contribution in [0.3, 0.4) is 0 Å². The van der Waals surface area contributed by atoms with E-state index in [1.54, 1.807) is 6.20 Å². The molecule has 1 unspecified atom stereocenters. The third kappa shape index (κ3) is 2.16. The first-order valence-corrected chi connectivity index (χ1v) is 6.62. The molecule has 1 heterocycles. The fraction of sp³-hybridized carbons (Fsp3) is 0.312. The van der Waals surface area contributed by atoms with E-state index in [2.05, 4.69) is 23.2 Å². The van der Waals surface area contributed by atoms with Gasteiger partial charge in [0.05, 0.1) is 6.04 Å². The van der Waals surface area contributed by atoms with Crippen LogP contribution in [0.15, 0.2) is 42.7 Å². The van der Waals surface area contributed by atoms with Crippen molar-refractivity contribution in [2.75, 3.05) is 0 Å². The number of aromatic nitrogens is 1. The lowest BCUT2D eigenvalue weighted by molar-refractivity contribution is 0.682.